The van der Waals surface area contributed by atoms with Crippen molar-refractivity contribution in [1.29, 1.82) is 0 Å². The number of halogens is 1. The van der Waals surface area contributed by atoms with E-state index in [9.17, 15) is 4.79 Å². The molecule has 0 spiro atoms. The molecule has 0 aliphatic heterocycles. The number of hydrogen-bond acceptors (Lipinski definition) is 2. The number of carboxylic acid groups (broad SMARTS) is 1. The zero-order valence-electron chi connectivity index (χ0n) is 14.6. The summed E-state index contributed by atoms with van der Waals surface area (Å²) >= 11 is 3.49. The number of allylic oxidation sites excluding steroid dienone is 1. The topological polar surface area (TPSA) is 46.5 Å². The Hall–Kier alpha value is -2.85. The van der Waals surface area contributed by atoms with Crippen molar-refractivity contribution in [2.75, 3.05) is 0 Å². The van der Waals surface area contributed by atoms with E-state index in [1.54, 1.807) is 12.1 Å². The van der Waals surface area contributed by atoms with E-state index in [4.69, 9.17) is 9.84 Å². The third-order valence-corrected chi connectivity index (χ3v) is 4.56. The van der Waals surface area contributed by atoms with Gasteiger partial charge in [0.2, 0.25) is 0 Å². The molecule has 4 heteroatoms. The second-order valence-electron chi connectivity index (χ2n) is 6.06. The summed E-state index contributed by atoms with van der Waals surface area (Å²) in [6.07, 6.45) is 4.79. The highest BCUT2D eigenvalue weighted by atomic mass is 79.9. The Morgan fingerprint density at radius 3 is 2.41 bits per heavy atom. The van der Waals surface area contributed by atoms with E-state index in [2.05, 4.69) is 15.9 Å². The molecule has 0 atom stereocenters. The second kappa shape index (κ2) is 9.19. The molecule has 0 aliphatic carbocycles. The molecule has 0 bridgehead atoms. The Labute approximate surface area is 167 Å². The highest BCUT2D eigenvalue weighted by Gasteiger charge is 2.04. The van der Waals surface area contributed by atoms with Gasteiger partial charge in [-0.25, -0.2) is 4.79 Å². The van der Waals surface area contributed by atoms with Crippen LogP contribution in [0.5, 0.6) is 5.75 Å². The molecule has 136 valence electrons. The van der Waals surface area contributed by atoms with E-state index in [1.807, 2.05) is 72.8 Å². The lowest BCUT2D eigenvalue weighted by atomic mass is 10.1. The summed E-state index contributed by atoms with van der Waals surface area (Å²) in [5.74, 6) is -0.0992. The van der Waals surface area contributed by atoms with Gasteiger partial charge in [-0.2, -0.15) is 0 Å². The molecule has 27 heavy (non-hydrogen) atoms. The van der Waals surface area contributed by atoms with Crippen LogP contribution in [0.2, 0.25) is 0 Å². The monoisotopic (exact) mass is 422 g/mol. The molecular formula is C23H19BrO3. The van der Waals surface area contributed by atoms with E-state index >= 15 is 0 Å². The van der Waals surface area contributed by atoms with Crippen molar-refractivity contribution in [3.63, 3.8) is 0 Å². The zero-order chi connectivity index (χ0) is 19.1. The van der Waals surface area contributed by atoms with Crippen molar-refractivity contribution in [2.45, 2.75) is 13.0 Å². The molecule has 0 unspecified atom stereocenters. The first-order valence-electron chi connectivity index (χ1n) is 8.57. The first-order valence-corrected chi connectivity index (χ1v) is 9.36. The van der Waals surface area contributed by atoms with Crippen LogP contribution in [0.25, 0.3) is 6.08 Å². The van der Waals surface area contributed by atoms with Gasteiger partial charge in [-0.1, -0.05) is 76.6 Å². The summed E-state index contributed by atoms with van der Waals surface area (Å²) in [6, 6.07) is 22.9. The van der Waals surface area contributed by atoms with Crippen LogP contribution in [0, 0.1) is 0 Å². The predicted octanol–water partition coefficient (Wildman–Crippen LogP) is 5.98. The lowest BCUT2D eigenvalue weighted by Crippen LogP contribution is -1.97. The molecule has 0 aromatic heterocycles. The van der Waals surface area contributed by atoms with E-state index in [-0.39, 0.29) is 0 Å². The highest BCUT2D eigenvalue weighted by molar-refractivity contribution is 9.10. The summed E-state index contributed by atoms with van der Waals surface area (Å²) < 4.78 is 6.97. The van der Waals surface area contributed by atoms with Crippen LogP contribution in [0.15, 0.2) is 83.3 Å². The Kier molecular flexibility index (Phi) is 6.44. The lowest BCUT2D eigenvalue weighted by Gasteiger charge is -2.10. The number of hydrogen-bond donors (Lipinski definition) is 1. The number of carboxylic acids is 1. The van der Waals surface area contributed by atoms with Gasteiger partial charge < -0.3 is 9.84 Å². The third kappa shape index (κ3) is 5.56. The molecule has 0 radical (unpaired) electrons. The molecule has 0 saturated heterocycles. The van der Waals surface area contributed by atoms with Gasteiger partial charge in [-0.05, 0) is 41.8 Å². The van der Waals surface area contributed by atoms with E-state index in [0.29, 0.717) is 18.6 Å². The van der Waals surface area contributed by atoms with Gasteiger partial charge in [0.25, 0.3) is 0 Å². The number of rotatable bonds is 7. The first-order chi connectivity index (χ1) is 13.1. The number of aromatic carboxylic acids is 1. The minimum Gasteiger partial charge on any atom is -0.488 e. The summed E-state index contributed by atoms with van der Waals surface area (Å²) in [6.45, 7) is 0.509. The van der Waals surface area contributed by atoms with Crippen molar-refractivity contribution in [2.24, 2.45) is 0 Å². The summed E-state index contributed by atoms with van der Waals surface area (Å²) in [5, 5.41) is 8.95. The maximum atomic E-state index is 10.9. The SMILES string of the molecule is O=C(O)c1ccc(CC=Cc2ccc(Br)cc2OCc2ccccc2)cc1. The van der Waals surface area contributed by atoms with Gasteiger partial charge in [0.1, 0.15) is 12.4 Å². The lowest BCUT2D eigenvalue weighted by molar-refractivity contribution is 0.0697. The number of benzene rings is 3. The summed E-state index contributed by atoms with van der Waals surface area (Å²) in [5.41, 5.74) is 3.47. The Balaban J connectivity index is 1.68. The molecule has 3 aromatic carbocycles. The van der Waals surface area contributed by atoms with Crippen LogP contribution < -0.4 is 4.74 Å². The Bertz CT molecular complexity index is 932. The largest absolute Gasteiger partial charge is 0.488 e. The molecule has 0 saturated carbocycles. The normalized spacial score (nSPS) is 10.9. The fourth-order valence-electron chi connectivity index (χ4n) is 2.61. The van der Waals surface area contributed by atoms with Gasteiger partial charge in [0, 0.05) is 10.0 Å². The molecule has 3 nitrogen and oxygen atoms in total. The van der Waals surface area contributed by atoms with E-state index in [0.717, 1.165) is 26.9 Å². The van der Waals surface area contributed by atoms with Crippen LogP contribution >= 0.6 is 15.9 Å². The molecular weight excluding hydrogens is 404 g/mol. The molecule has 3 rings (SSSR count). The summed E-state index contributed by atoms with van der Waals surface area (Å²) in [7, 11) is 0. The van der Waals surface area contributed by atoms with Gasteiger partial charge in [-0.3, -0.25) is 0 Å². The van der Waals surface area contributed by atoms with E-state index < -0.39 is 5.97 Å². The van der Waals surface area contributed by atoms with Gasteiger partial charge in [-0.15, -0.1) is 0 Å². The number of carbonyl (C=O) groups is 1. The fraction of sp³-hybridized carbons (Fsp3) is 0.0870. The molecule has 0 heterocycles. The van der Waals surface area contributed by atoms with Crippen molar-refractivity contribution in [1.82, 2.24) is 0 Å². The van der Waals surface area contributed by atoms with Crippen LogP contribution in [0.1, 0.15) is 27.0 Å². The summed E-state index contributed by atoms with van der Waals surface area (Å²) in [4.78, 5) is 10.9. The highest BCUT2D eigenvalue weighted by Crippen LogP contribution is 2.26. The van der Waals surface area contributed by atoms with Crippen molar-refractivity contribution in [3.8, 4) is 5.75 Å². The molecule has 0 fully saturated rings. The molecule has 3 aromatic rings. The Morgan fingerprint density at radius 1 is 0.963 bits per heavy atom. The van der Waals surface area contributed by atoms with Crippen LogP contribution in [0.4, 0.5) is 0 Å². The van der Waals surface area contributed by atoms with Gasteiger partial charge in [0.15, 0.2) is 0 Å². The van der Waals surface area contributed by atoms with E-state index in [1.165, 1.54) is 0 Å². The minimum atomic E-state index is -0.910. The average molecular weight is 423 g/mol. The second-order valence-corrected chi connectivity index (χ2v) is 6.98. The predicted molar refractivity (Wildman–Crippen MR) is 111 cm³/mol. The van der Waals surface area contributed by atoms with Crippen molar-refractivity contribution >= 4 is 28.0 Å². The minimum absolute atomic E-state index is 0.298. The van der Waals surface area contributed by atoms with Gasteiger partial charge in [0.05, 0.1) is 5.56 Å². The third-order valence-electron chi connectivity index (χ3n) is 4.06. The van der Waals surface area contributed by atoms with Crippen LogP contribution in [-0.4, -0.2) is 11.1 Å². The molecule has 0 aliphatic rings. The van der Waals surface area contributed by atoms with Crippen molar-refractivity contribution in [3.05, 3.63) is 106 Å². The zero-order valence-corrected chi connectivity index (χ0v) is 16.2. The van der Waals surface area contributed by atoms with Crippen molar-refractivity contribution < 1.29 is 14.6 Å². The molecule has 1 N–H and O–H groups in total. The average Bonchev–Trinajstić information content (AvgIpc) is 2.69. The van der Waals surface area contributed by atoms with Crippen LogP contribution in [-0.2, 0) is 13.0 Å². The number of ether oxygens (including phenoxy) is 1. The van der Waals surface area contributed by atoms with Crippen LogP contribution in [0.3, 0.4) is 0 Å². The standard InChI is InChI=1S/C23H19BrO3/c24-21-14-13-19(22(15-21)27-16-18-5-2-1-3-6-18)8-4-7-17-9-11-20(12-10-17)23(25)26/h1-6,8-15H,7,16H2,(H,25,26). The van der Waals surface area contributed by atoms with Gasteiger partial charge >= 0.3 is 5.97 Å². The quantitative estimate of drug-likeness (QED) is 0.509. The first kappa shape index (κ1) is 18.9. The smallest absolute Gasteiger partial charge is 0.335 e. The Morgan fingerprint density at radius 2 is 1.70 bits per heavy atom. The maximum absolute atomic E-state index is 10.9. The molecule has 0 amide bonds. The maximum Gasteiger partial charge on any atom is 0.335 e. The fourth-order valence-corrected chi connectivity index (χ4v) is 2.95.